The van der Waals surface area contributed by atoms with Crippen molar-refractivity contribution < 1.29 is 8.42 Å². The van der Waals surface area contributed by atoms with E-state index in [0.29, 0.717) is 31.2 Å². The molecule has 1 aromatic heterocycles. The summed E-state index contributed by atoms with van der Waals surface area (Å²) in [6, 6.07) is 16.5. The van der Waals surface area contributed by atoms with E-state index in [1.807, 2.05) is 25.1 Å². The fraction of sp³-hybridized carbons (Fsp3) is 0.238. The summed E-state index contributed by atoms with van der Waals surface area (Å²) >= 11 is 5.96. The van der Waals surface area contributed by atoms with Gasteiger partial charge >= 0.3 is 0 Å². The standard InChI is InChI=1S/C21H21ClN4O2S/c1-16-5-7-17(8-6-16)20-14-21(24-15-23-20)25-9-11-26(12-10-25)29(27,28)19-4-2-3-18(22)13-19/h2-8,13-15H,9-12H2,1H3. The summed E-state index contributed by atoms with van der Waals surface area (Å²) in [6.45, 7) is 3.94. The molecule has 1 aliphatic rings. The van der Waals surface area contributed by atoms with E-state index in [0.717, 1.165) is 17.1 Å². The Labute approximate surface area is 175 Å². The maximum absolute atomic E-state index is 12.9. The molecule has 0 spiro atoms. The van der Waals surface area contributed by atoms with Gasteiger partial charge in [0, 0.05) is 42.8 Å². The molecule has 6 nitrogen and oxygen atoms in total. The monoisotopic (exact) mass is 428 g/mol. The molecule has 0 N–H and O–H groups in total. The predicted octanol–water partition coefficient (Wildman–Crippen LogP) is 3.62. The van der Waals surface area contributed by atoms with Crippen molar-refractivity contribution in [3.05, 3.63) is 71.5 Å². The van der Waals surface area contributed by atoms with Gasteiger partial charge in [0.15, 0.2) is 0 Å². The number of aryl methyl sites for hydroxylation is 1. The molecule has 0 saturated carbocycles. The van der Waals surface area contributed by atoms with Crippen molar-refractivity contribution in [2.24, 2.45) is 0 Å². The number of aromatic nitrogens is 2. The maximum atomic E-state index is 12.9. The van der Waals surface area contributed by atoms with Gasteiger partial charge in [0.1, 0.15) is 12.1 Å². The van der Waals surface area contributed by atoms with Gasteiger partial charge in [0.2, 0.25) is 10.0 Å². The van der Waals surface area contributed by atoms with E-state index >= 15 is 0 Å². The quantitative estimate of drug-likeness (QED) is 0.635. The van der Waals surface area contributed by atoms with Crippen LogP contribution in [0.5, 0.6) is 0 Å². The van der Waals surface area contributed by atoms with Crippen LogP contribution in [0, 0.1) is 6.92 Å². The van der Waals surface area contributed by atoms with Crippen molar-refractivity contribution in [3.63, 3.8) is 0 Å². The predicted molar refractivity (Wildman–Crippen MR) is 115 cm³/mol. The molecular formula is C21H21ClN4O2S. The van der Waals surface area contributed by atoms with Gasteiger partial charge in [-0.05, 0) is 25.1 Å². The van der Waals surface area contributed by atoms with E-state index < -0.39 is 10.0 Å². The number of hydrogen-bond acceptors (Lipinski definition) is 5. The molecule has 2 heterocycles. The molecule has 150 valence electrons. The van der Waals surface area contributed by atoms with E-state index in [-0.39, 0.29) is 4.90 Å². The van der Waals surface area contributed by atoms with E-state index in [4.69, 9.17) is 11.6 Å². The normalized spacial score (nSPS) is 15.4. The molecule has 0 amide bonds. The van der Waals surface area contributed by atoms with E-state index in [1.54, 1.807) is 24.5 Å². The molecular weight excluding hydrogens is 408 g/mol. The van der Waals surface area contributed by atoms with Gasteiger partial charge in [-0.15, -0.1) is 0 Å². The molecule has 0 atom stereocenters. The third-order valence-electron chi connectivity index (χ3n) is 5.00. The first kappa shape index (κ1) is 19.8. The van der Waals surface area contributed by atoms with E-state index in [9.17, 15) is 8.42 Å². The summed E-state index contributed by atoms with van der Waals surface area (Å²) in [7, 11) is -3.56. The average Bonchev–Trinajstić information content (AvgIpc) is 2.74. The second kappa shape index (κ2) is 8.10. The fourth-order valence-corrected chi connectivity index (χ4v) is 5.06. The lowest BCUT2D eigenvalue weighted by molar-refractivity contribution is 0.384. The van der Waals surface area contributed by atoms with Crippen LogP contribution in [0.1, 0.15) is 5.56 Å². The highest BCUT2D eigenvalue weighted by molar-refractivity contribution is 7.89. The summed E-state index contributed by atoms with van der Waals surface area (Å²) in [4.78, 5) is 11.1. The Morgan fingerprint density at radius 2 is 1.66 bits per heavy atom. The number of halogens is 1. The third-order valence-corrected chi connectivity index (χ3v) is 7.13. The summed E-state index contributed by atoms with van der Waals surface area (Å²) < 4.78 is 27.2. The summed E-state index contributed by atoms with van der Waals surface area (Å²) in [6.07, 6.45) is 1.56. The van der Waals surface area contributed by atoms with Crippen molar-refractivity contribution in [2.75, 3.05) is 31.1 Å². The van der Waals surface area contributed by atoms with Crippen molar-refractivity contribution in [1.29, 1.82) is 0 Å². The van der Waals surface area contributed by atoms with Gasteiger partial charge in [-0.25, -0.2) is 18.4 Å². The second-order valence-corrected chi connectivity index (χ2v) is 9.35. The number of rotatable bonds is 4. The first-order valence-corrected chi connectivity index (χ1v) is 11.1. The summed E-state index contributed by atoms with van der Waals surface area (Å²) in [5, 5.41) is 0.411. The van der Waals surface area contributed by atoms with Crippen molar-refractivity contribution >= 4 is 27.4 Å². The molecule has 3 aromatic rings. The zero-order valence-electron chi connectivity index (χ0n) is 16.0. The Morgan fingerprint density at radius 1 is 0.931 bits per heavy atom. The molecule has 4 rings (SSSR count). The molecule has 1 aliphatic heterocycles. The maximum Gasteiger partial charge on any atom is 0.243 e. The van der Waals surface area contributed by atoms with Gasteiger partial charge in [-0.3, -0.25) is 0 Å². The Balaban J connectivity index is 1.49. The Bertz CT molecular complexity index is 1110. The van der Waals surface area contributed by atoms with Crippen LogP contribution in [0.2, 0.25) is 5.02 Å². The van der Waals surface area contributed by atoms with Crippen LogP contribution < -0.4 is 4.90 Å². The lowest BCUT2D eigenvalue weighted by atomic mass is 10.1. The van der Waals surface area contributed by atoms with Crippen molar-refractivity contribution in [3.8, 4) is 11.3 Å². The number of benzene rings is 2. The molecule has 0 aliphatic carbocycles. The third kappa shape index (κ3) is 4.27. The number of anilines is 1. The SMILES string of the molecule is Cc1ccc(-c2cc(N3CCN(S(=O)(=O)c4cccc(Cl)c4)CC3)ncn2)cc1. The summed E-state index contributed by atoms with van der Waals surface area (Å²) in [5.74, 6) is 0.801. The van der Waals surface area contributed by atoms with Crippen molar-refractivity contribution in [2.45, 2.75) is 11.8 Å². The minimum atomic E-state index is -3.56. The highest BCUT2D eigenvalue weighted by Gasteiger charge is 2.29. The molecule has 0 unspecified atom stereocenters. The van der Waals surface area contributed by atoms with Crippen LogP contribution in [-0.2, 0) is 10.0 Å². The number of piperazine rings is 1. The Morgan fingerprint density at radius 3 is 2.34 bits per heavy atom. The van der Waals surface area contributed by atoms with Crippen molar-refractivity contribution in [1.82, 2.24) is 14.3 Å². The largest absolute Gasteiger partial charge is 0.354 e. The van der Waals surface area contributed by atoms with Gasteiger partial charge in [0.05, 0.1) is 10.6 Å². The molecule has 0 radical (unpaired) electrons. The summed E-state index contributed by atoms with van der Waals surface area (Å²) in [5.41, 5.74) is 3.07. The first-order valence-electron chi connectivity index (χ1n) is 9.33. The number of sulfonamides is 1. The Hall–Kier alpha value is -2.48. The molecule has 1 fully saturated rings. The van der Waals surface area contributed by atoms with Crippen LogP contribution in [0.3, 0.4) is 0 Å². The van der Waals surface area contributed by atoms with Gasteiger partial charge in [-0.1, -0.05) is 47.5 Å². The van der Waals surface area contributed by atoms with Crippen LogP contribution in [-0.4, -0.2) is 48.9 Å². The highest BCUT2D eigenvalue weighted by atomic mass is 35.5. The van der Waals surface area contributed by atoms with Crippen LogP contribution in [0.25, 0.3) is 11.3 Å². The minimum Gasteiger partial charge on any atom is -0.354 e. The van der Waals surface area contributed by atoms with E-state index in [2.05, 4.69) is 27.0 Å². The highest BCUT2D eigenvalue weighted by Crippen LogP contribution is 2.24. The zero-order chi connectivity index (χ0) is 20.4. The molecule has 8 heteroatoms. The van der Waals surface area contributed by atoms with Gasteiger partial charge in [-0.2, -0.15) is 4.31 Å². The zero-order valence-corrected chi connectivity index (χ0v) is 17.6. The minimum absolute atomic E-state index is 0.224. The molecule has 0 bridgehead atoms. The molecule has 2 aromatic carbocycles. The number of hydrogen-bond donors (Lipinski definition) is 0. The average molecular weight is 429 g/mol. The number of nitrogens with zero attached hydrogens (tertiary/aromatic N) is 4. The first-order chi connectivity index (χ1) is 13.9. The lowest BCUT2D eigenvalue weighted by Crippen LogP contribution is -2.48. The molecule has 1 saturated heterocycles. The van der Waals surface area contributed by atoms with Gasteiger partial charge in [0.25, 0.3) is 0 Å². The fourth-order valence-electron chi connectivity index (χ4n) is 3.34. The van der Waals surface area contributed by atoms with Crippen LogP contribution in [0.4, 0.5) is 5.82 Å². The van der Waals surface area contributed by atoms with E-state index in [1.165, 1.54) is 15.9 Å². The second-order valence-electron chi connectivity index (χ2n) is 6.98. The smallest absolute Gasteiger partial charge is 0.243 e. The molecule has 29 heavy (non-hydrogen) atoms. The van der Waals surface area contributed by atoms with Crippen LogP contribution >= 0.6 is 11.6 Å². The van der Waals surface area contributed by atoms with Crippen LogP contribution in [0.15, 0.2) is 65.8 Å². The lowest BCUT2D eigenvalue weighted by Gasteiger charge is -2.34. The van der Waals surface area contributed by atoms with Gasteiger partial charge < -0.3 is 4.90 Å². The topological polar surface area (TPSA) is 66.4 Å². The Kier molecular flexibility index (Phi) is 5.54.